The number of pyridine rings is 1. The predicted molar refractivity (Wildman–Crippen MR) is 81.3 cm³/mol. The van der Waals surface area contributed by atoms with Crippen molar-refractivity contribution in [2.24, 2.45) is 0 Å². The number of carbonyl (C=O) groups excluding carboxylic acids is 1. The molecule has 0 aliphatic carbocycles. The second kappa shape index (κ2) is 5.91. The molecule has 1 aromatic heterocycles. The lowest BCUT2D eigenvalue weighted by Crippen LogP contribution is -2.45. The molecule has 0 spiro atoms. The van der Waals surface area contributed by atoms with Crippen molar-refractivity contribution in [2.45, 2.75) is 51.9 Å². The number of carbonyl (C=O) groups is 1. The van der Waals surface area contributed by atoms with E-state index in [2.05, 4.69) is 25.8 Å². The molecule has 0 amide bonds. The van der Waals surface area contributed by atoms with Gasteiger partial charge in [-0.15, -0.1) is 0 Å². The van der Waals surface area contributed by atoms with E-state index in [1.807, 2.05) is 13.1 Å². The molecule has 6 heteroatoms. The molecule has 112 valence electrons. The van der Waals surface area contributed by atoms with Crippen LogP contribution in [0.2, 0.25) is 23.3 Å². The third-order valence-corrected chi connectivity index (χ3v) is 8.49. The van der Waals surface area contributed by atoms with E-state index in [1.54, 1.807) is 6.92 Å². The summed E-state index contributed by atoms with van der Waals surface area (Å²) in [6, 6.07) is 2.75. The van der Waals surface area contributed by atoms with Crippen molar-refractivity contribution in [3.63, 3.8) is 0 Å². The zero-order valence-electron chi connectivity index (χ0n) is 12.8. The van der Waals surface area contributed by atoms with Crippen LogP contribution in [0.25, 0.3) is 0 Å². The van der Waals surface area contributed by atoms with Gasteiger partial charge in [-0.25, -0.2) is 4.98 Å². The van der Waals surface area contributed by atoms with Crippen molar-refractivity contribution in [3.05, 3.63) is 28.8 Å². The van der Waals surface area contributed by atoms with E-state index in [-0.39, 0.29) is 15.8 Å². The SMILES string of the molecule is C[C@@H](O[Si](C)(C)C(C)(C)C)C(=O)c1ccc(Cl)nc1F. The molecule has 0 fully saturated rings. The van der Waals surface area contributed by atoms with E-state index in [0.717, 1.165) is 0 Å². The van der Waals surface area contributed by atoms with Crippen LogP contribution in [0.5, 0.6) is 0 Å². The van der Waals surface area contributed by atoms with Crippen LogP contribution < -0.4 is 0 Å². The van der Waals surface area contributed by atoms with E-state index in [1.165, 1.54) is 12.1 Å². The Morgan fingerprint density at radius 1 is 1.40 bits per heavy atom. The zero-order chi connectivity index (χ0) is 15.7. The van der Waals surface area contributed by atoms with Gasteiger partial charge in [-0.1, -0.05) is 32.4 Å². The molecule has 0 N–H and O–H groups in total. The molecule has 0 bridgehead atoms. The molecular weight excluding hydrogens is 297 g/mol. The number of rotatable bonds is 4. The van der Waals surface area contributed by atoms with Crippen LogP contribution in [-0.4, -0.2) is 25.2 Å². The van der Waals surface area contributed by atoms with Gasteiger partial charge in [-0.2, -0.15) is 4.39 Å². The standard InChI is InChI=1S/C14H21ClFNO2Si/c1-9(19-20(5,6)14(2,3)4)12(18)10-7-8-11(15)17-13(10)16/h7-9H,1-6H3/t9-/m1/s1. The molecule has 20 heavy (non-hydrogen) atoms. The second-order valence-electron chi connectivity index (χ2n) is 6.36. The molecule has 1 atom stereocenters. The van der Waals surface area contributed by atoms with Gasteiger partial charge >= 0.3 is 0 Å². The number of nitrogens with zero attached hydrogens (tertiary/aromatic N) is 1. The molecular formula is C14H21ClFNO2Si. The maximum Gasteiger partial charge on any atom is 0.225 e. The molecule has 0 aliphatic rings. The Labute approximate surface area is 125 Å². The van der Waals surface area contributed by atoms with E-state index in [9.17, 15) is 9.18 Å². The van der Waals surface area contributed by atoms with Gasteiger partial charge in [0, 0.05) is 0 Å². The number of halogens is 2. The number of hydrogen-bond donors (Lipinski definition) is 0. The maximum absolute atomic E-state index is 13.7. The van der Waals surface area contributed by atoms with Gasteiger partial charge in [-0.3, -0.25) is 4.79 Å². The number of aromatic nitrogens is 1. The highest BCUT2D eigenvalue weighted by Crippen LogP contribution is 2.37. The summed E-state index contributed by atoms with van der Waals surface area (Å²) >= 11 is 5.58. The lowest BCUT2D eigenvalue weighted by molar-refractivity contribution is 0.0791. The Balaban J connectivity index is 2.93. The third kappa shape index (κ3) is 3.87. The fraction of sp³-hybridized carbons (Fsp3) is 0.571. The Morgan fingerprint density at radius 2 is 1.95 bits per heavy atom. The summed E-state index contributed by atoms with van der Waals surface area (Å²) in [6.45, 7) is 12.0. The Morgan fingerprint density at radius 3 is 2.40 bits per heavy atom. The summed E-state index contributed by atoms with van der Waals surface area (Å²) in [5.41, 5.74) is -0.0828. The van der Waals surface area contributed by atoms with Crippen LogP contribution in [-0.2, 0) is 4.43 Å². The quantitative estimate of drug-likeness (QED) is 0.467. The van der Waals surface area contributed by atoms with Gasteiger partial charge in [0.25, 0.3) is 0 Å². The highest BCUT2D eigenvalue weighted by atomic mass is 35.5. The van der Waals surface area contributed by atoms with Crippen molar-refractivity contribution in [1.82, 2.24) is 4.98 Å². The van der Waals surface area contributed by atoms with E-state index < -0.39 is 26.2 Å². The maximum atomic E-state index is 13.7. The fourth-order valence-electron chi connectivity index (χ4n) is 1.49. The topological polar surface area (TPSA) is 39.2 Å². The van der Waals surface area contributed by atoms with Crippen LogP contribution >= 0.6 is 11.6 Å². The zero-order valence-corrected chi connectivity index (χ0v) is 14.5. The fourth-order valence-corrected chi connectivity index (χ4v) is 2.97. The molecule has 0 saturated carbocycles. The van der Waals surface area contributed by atoms with Crippen molar-refractivity contribution < 1.29 is 13.6 Å². The first-order valence-electron chi connectivity index (χ1n) is 6.50. The van der Waals surface area contributed by atoms with Crippen molar-refractivity contribution in [1.29, 1.82) is 0 Å². The van der Waals surface area contributed by atoms with Crippen LogP contribution in [0.15, 0.2) is 12.1 Å². The van der Waals surface area contributed by atoms with Gasteiger partial charge in [0.15, 0.2) is 14.1 Å². The van der Waals surface area contributed by atoms with E-state index in [0.29, 0.717) is 0 Å². The van der Waals surface area contributed by atoms with Gasteiger partial charge in [0.2, 0.25) is 5.95 Å². The lowest BCUT2D eigenvalue weighted by Gasteiger charge is -2.38. The molecule has 1 aromatic rings. The smallest absolute Gasteiger partial charge is 0.225 e. The highest BCUT2D eigenvalue weighted by molar-refractivity contribution is 6.74. The van der Waals surface area contributed by atoms with Gasteiger partial charge < -0.3 is 4.43 Å². The second-order valence-corrected chi connectivity index (χ2v) is 11.5. The Hall–Kier alpha value is -0.783. The molecule has 0 aromatic carbocycles. The van der Waals surface area contributed by atoms with Crippen LogP contribution in [0.1, 0.15) is 38.1 Å². The lowest BCUT2D eigenvalue weighted by atomic mass is 10.1. The average molecular weight is 318 g/mol. The van der Waals surface area contributed by atoms with Crippen LogP contribution in [0.3, 0.4) is 0 Å². The van der Waals surface area contributed by atoms with Crippen LogP contribution in [0, 0.1) is 5.95 Å². The highest BCUT2D eigenvalue weighted by Gasteiger charge is 2.40. The van der Waals surface area contributed by atoms with E-state index >= 15 is 0 Å². The Bertz CT molecular complexity index is 514. The molecule has 0 radical (unpaired) electrons. The van der Waals surface area contributed by atoms with Gasteiger partial charge in [-0.05, 0) is 37.2 Å². The number of ketones is 1. The molecule has 1 rings (SSSR count). The normalized spacial score (nSPS) is 14.2. The summed E-state index contributed by atoms with van der Waals surface area (Å²) < 4.78 is 19.6. The van der Waals surface area contributed by atoms with Crippen molar-refractivity contribution >= 4 is 25.7 Å². The summed E-state index contributed by atoms with van der Waals surface area (Å²) in [6.07, 6.45) is -0.701. The van der Waals surface area contributed by atoms with Crippen molar-refractivity contribution in [2.75, 3.05) is 0 Å². The van der Waals surface area contributed by atoms with Gasteiger partial charge in [0.05, 0.1) is 5.56 Å². The first-order chi connectivity index (χ1) is 8.95. The first-order valence-corrected chi connectivity index (χ1v) is 9.78. The summed E-state index contributed by atoms with van der Waals surface area (Å²) in [5, 5.41) is 0.00947. The van der Waals surface area contributed by atoms with Crippen molar-refractivity contribution in [3.8, 4) is 0 Å². The minimum atomic E-state index is -2.08. The van der Waals surface area contributed by atoms with Crippen LogP contribution in [0.4, 0.5) is 4.39 Å². The predicted octanol–water partition coefficient (Wildman–Crippen LogP) is 4.47. The van der Waals surface area contributed by atoms with Gasteiger partial charge in [0.1, 0.15) is 11.3 Å². The molecule has 1 heterocycles. The minimum Gasteiger partial charge on any atom is -0.407 e. The molecule has 0 aliphatic heterocycles. The summed E-state index contributed by atoms with van der Waals surface area (Å²) in [4.78, 5) is 15.7. The average Bonchev–Trinajstić information content (AvgIpc) is 2.25. The molecule has 0 saturated heterocycles. The summed E-state index contributed by atoms with van der Waals surface area (Å²) in [5.74, 6) is -1.26. The summed E-state index contributed by atoms with van der Waals surface area (Å²) in [7, 11) is -2.08. The first kappa shape index (κ1) is 17.3. The Kier molecular flexibility index (Phi) is 5.11. The molecule has 3 nitrogen and oxygen atoms in total. The monoisotopic (exact) mass is 317 g/mol. The molecule has 0 unspecified atom stereocenters. The largest absolute Gasteiger partial charge is 0.407 e. The number of Topliss-reactive ketones (excluding diaryl/α,β-unsaturated/α-hetero) is 1. The minimum absolute atomic E-state index is 0.0155. The third-order valence-electron chi connectivity index (χ3n) is 3.73. The van der Waals surface area contributed by atoms with E-state index in [4.69, 9.17) is 16.0 Å². The number of hydrogen-bond acceptors (Lipinski definition) is 3.